The number of carbonyl (C=O) groups is 1. The highest BCUT2D eigenvalue weighted by Crippen LogP contribution is 2.25. The molecule has 1 rings (SSSR count). The number of benzene rings is 1. The summed E-state index contributed by atoms with van der Waals surface area (Å²) >= 11 is 11.5. The minimum atomic E-state index is -0.638. The van der Waals surface area contributed by atoms with E-state index in [9.17, 15) is 4.79 Å². The summed E-state index contributed by atoms with van der Waals surface area (Å²) in [5, 5.41) is 2.23. The molecule has 0 aliphatic heterocycles. The van der Waals surface area contributed by atoms with Crippen LogP contribution in [-0.2, 0) is 4.84 Å². The number of urea groups is 1. The molecule has 1 aromatic rings. The van der Waals surface area contributed by atoms with Gasteiger partial charge in [-0.1, -0.05) is 23.2 Å². The minimum Gasteiger partial charge on any atom is -0.306 e. The van der Waals surface area contributed by atoms with Gasteiger partial charge in [0.1, 0.15) is 0 Å². The molecule has 2 amide bonds. The Kier molecular flexibility index (Phi) is 3.66. The van der Waals surface area contributed by atoms with Crippen molar-refractivity contribution in [2.24, 2.45) is 0 Å². The number of nitrogens with one attached hydrogen (secondary N) is 1. The SMILES string of the molecule is [2H]N(C(=O)N(C)OC)c1ccc(Cl)c(Cl)c1. The standard InChI is InChI=1S/C9H10Cl2N2O2/c1-13(15-2)9(14)12-6-3-4-7(10)8(11)5-6/h3-5H,1-2H3,(H,12,14)/i/hD. The summed E-state index contributed by atoms with van der Waals surface area (Å²) in [5.74, 6) is 0. The van der Waals surface area contributed by atoms with E-state index < -0.39 is 6.03 Å². The van der Waals surface area contributed by atoms with Crippen LogP contribution in [0, 0.1) is 0 Å². The molecule has 0 heterocycles. The van der Waals surface area contributed by atoms with Gasteiger partial charge in [0.25, 0.3) is 0 Å². The molecule has 6 heteroatoms. The lowest BCUT2D eigenvalue weighted by molar-refractivity contribution is -0.0598. The lowest BCUT2D eigenvalue weighted by Crippen LogP contribution is -2.30. The highest BCUT2D eigenvalue weighted by atomic mass is 35.5. The molecule has 0 aliphatic carbocycles. The maximum absolute atomic E-state index is 11.5. The van der Waals surface area contributed by atoms with Crippen LogP contribution in [0.3, 0.4) is 0 Å². The lowest BCUT2D eigenvalue weighted by atomic mass is 10.3. The van der Waals surface area contributed by atoms with E-state index in [0.29, 0.717) is 16.0 Å². The van der Waals surface area contributed by atoms with Gasteiger partial charge in [0.15, 0.2) is 1.41 Å². The van der Waals surface area contributed by atoms with Gasteiger partial charge >= 0.3 is 6.03 Å². The van der Waals surface area contributed by atoms with Crippen LogP contribution in [0.4, 0.5) is 10.5 Å². The summed E-state index contributed by atoms with van der Waals surface area (Å²) in [6.07, 6.45) is 0. The molecule has 0 spiro atoms. The molecule has 0 radical (unpaired) electrons. The van der Waals surface area contributed by atoms with Gasteiger partial charge in [-0.2, -0.15) is 0 Å². The number of hydrogen-bond donors (Lipinski definition) is 1. The normalized spacial score (nSPS) is 10.8. The Morgan fingerprint density at radius 2 is 2.20 bits per heavy atom. The molecule has 0 atom stereocenters. The predicted octanol–water partition coefficient (Wildman–Crippen LogP) is 3.02. The maximum Gasteiger partial charge on any atom is 0.345 e. The molecule has 4 nitrogen and oxygen atoms in total. The van der Waals surface area contributed by atoms with Gasteiger partial charge in [0.2, 0.25) is 0 Å². The van der Waals surface area contributed by atoms with Crippen LogP contribution >= 0.6 is 23.2 Å². The van der Waals surface area contributed by atoms with Crippen LogP contribution in [0.25, 0.3) is 0 Å². The molecule has 1 N–H and O–H groups in total. The topological polar surface area (TPSA) is 41.6 Å². The van der Waals surface area contributed by atoms with Crippen molar-refractivity contribution in [1.29, 1.82) is 0 Å². The molecule has 0 unspecified atom stereocenters. The number of hydroxylamine groups is 2. The van der Waals surface area contributed by atoms with E-state index in [1.54, 1.807) is 0 Å². The molecule has 0 saturated heterocycles. The summed E-state index contributed by atoms with van der Waals surface area (Å²) in [4.78, 5) is 16.2. The Bertz CT molecular complexity index is 403. The van der Waals surface area contributed by atoms with E-state index in [2.05, 4.69) is 4.84 Å². The van der Waals surface area contributed by atoms with Gasteiger partial charge in [0, 0.05) is 12.7 Å². The fourth-order valence-electron chi connectivity index (χ4n) is 0.814. The van der Waals surface area contributed by atoms with Crippen molar-refractivity contribution >= 4 is 34.9 Å². The molecule has 0 aliphatic rings. The zero-order chi connectivity index (χ0) is 12.3. The van der Waals surface area contributed by atoms with Crippen molar-refractivity contribution in [1.82, 2.24) is 5.06 Å². The number of nitrogens with zero attached hydrogens (tertiary/aromatic N) is 1. The molecule has 1 aromatic carbocycles. The smallest absolute Gasteiger partial charge is 0.306 e. The third kappa shape index (κ3) is 3.27. The largest absolute Gasteiger partial charge is 0.345 e. The fourth-order valence-corrected chi connectivity index (χ4v) is 1.11. The minimum absolute atomic E-state index is 0.282. The molecule has 82 valence electrons. The average molecular weight is 250 g/mol. The van der Waals surface area contributed by atoms with E-state index in [4.69, 9.17) is 24.6 Å². The number of amides is 2. The first-order chi connectivity index (χ1) is 7.47. The molecular formula is C9H10Cl2N2O2. The number of hydrogen-bond acceptors (Lipinski definition) is 2. The number of rotatable bonds is 2. The van der Waals surface area contributed by atoms with Crippen LogP contribution in [0.15, 0.2) is 18.2 Å². The first-order valence-electron chi connectivity index (χ1n) is 4.48. The monoisotopic (exact) mass is 249 g/mol. The van der Waals surface area contributed by atoms with Gasteiger partial charge in [-0.25, -0.2) is 9.86 Å². The van der Waals surface area contributed by atoms with Crippen LogP contribution in [0.2, 0.25) is 11.5 Å². The van der Waals surface area contributed by atoms with Crippen LogP contribution in [-0.4, -0.2) is 25.3 Å². The Labute approximate surface area is 99.1 Å². The second kappa shape index (κ2) is 5.21. The van der Waals surface area contributed by atoms with Gasteiger partial charge < -0.3 is 5.31 Å². The Balaban J connectivity index is 2.92. The average Bonchev–Trinajstić information content (AvgIpc) is 2.29. The molecule has 0 aromatic heterocycles. The summed E-state index contributed by atoms with van der Waals surface area (Å²) in [5.41, 5.74) is 0.309. The first kappa shape index (κ1) is 10.5. The zero-order valence-corrected chi connectivity index (χ0v) is 9.71. The molecule has 0 fully saturated rings. The number of halogens is 2. The Morgan fingerprint density at radius 1 is 1.53 bits per heavy atom. The van der Waals surface area contributed by atoms with Crippen molar-refractivity contribution < 1.29 is 11.0 Å². The maximum atomic E-state index is 11.5. The Hall–Kier alpha value is -0.970. The van der Waals surface area contributed by atoms with Crippen molar-refractivity contribution in [3.8, 4) is 0 Å². The van der Waals surface area contributed by atoms with E-state index in [1.165, 1.54) is 32.4 Å². The van der Waals surface area contributed by atoms with Gasteiger partial charge in [-0.3, -0.25) is 4.84 Å². The van der Waals surface area contributed by atoms with Crippen molar-refractivity contribution in [2.45, 2.75) is 0 Å². The predicted molar refractivity (Wildman–Crippen MR) is 60.3 cm³/mol. The first-order valence-corrected chi connectivity index (χ1v) is 4.78. The highest BCUT2D eigenvalue weighted by molar-refractivity contribution is 6.42. The summed E-state index contributed by atoms with van der Waals surface area (Å²) in [7, 11) is 2.74. The molecular weight excluding hydrogens is 239 g/mol. The van der Waals surface area contributed by atoms with Gasteiger partial charge in [0.05, 0.1) is 17.2 Å². The van der Waals surface area contributed by atoms with Crippen LogP contribution < -0.4 is 5.31 Å². The molecule has 15 heavy (non-hydrogen) atoms. The van der Waals surface area contributed by atoms with E-state index in [-0.39, 0.29) is 5.02 Å². The summed E-state index contributed by atoms with van der Waals surface area (Å²) in [6, 6.07) is 3.82. The van der Waals surface area contributed by atoms with Gasteiger partial charge in [-0.15, -0.1) is 0 Å². The van der Waals surface area contributed by atoms with Crippen molar-refractivity contribution in [2.75, 3.05) is 19.5 Å². The summed E-state index contributed by atoms with van der Waals surface area (Å²) in [6.45, 7) is 0. The third-order valence-electron chi connectivity index (χ3n) is 1.67. The second-order valence-corrected chi connectivity index (χ2v) is 3.49. The highest BCUT2D eigenvalue weighted by Gasteiger charge is 2.08. The molecule has 0 bridgehead atoms. The van der Waals surface area contributed by atoms with E-state index in [1.807, 2.05) is 0 Å². The number of carbonyl (C=O) groups excluding carboxylic acids is 1. The summed E-state index contributed by atoms with van der Waals surface area (Å²) < 4.78 is 7.58. The van der Waals surface area contributed by atoms with Crippen molar-refractivity contribution in [3.05, 3.63) is 28.2 Å². The molecule has 0 saturated carbocycles. The van der Waals surface area contributed by atoms with Crippen molar-refractivity contribution in [3.63, 3.8) is 0 Å². The van der Waals surface area contributed by atoms with Crippen LogP contribution in [0.5, 0.6) is 0 Å². The zero-order valence-electron chi connectivity index (χ0n) is 9.20. The quantitative estimate of drug-likeness (QED) is 0.819. The fraction of sp³-hybridized carbons (Fsp3) is 0.222. The third-order valence-corrected chi connectivity index (χ3v) is 2.41. The second-order valence-electron chi connectivity index (χ2n) is 2.67. The van der Waals surface area contributed by atoms with E-state index >= 15 is 0 Å². The van der Waals surface area contributed by atoms with E-state index in [0.717, 1.165) is 5.06 Å². The lowest BCUT2D eigenvalue weighted by Gasteiger charge is -2.14. The van der Waals surface area contributed by atoms with Gasteiger partial charge in [-0.05, 0) is 18.2 Å². The Morgan fingerprint density at radius 3 is 2.73 bits per heavy atom. The van der Waals surface area contributed by atoms with Crippen LogP contribution in [0.1, 0.15) is 0 Å². The number of anilines is 1.